The summed E-state index contributed by atoms with van der Waals surface area (Å²) < 4.78 is 51.4. The van der Waals surface area contributed by atoms with Crippen molar-refractivity contribution in [3.63, 3.8) is 0 Å². The Labute approximate surface area is 118 Å². The Kier molecular flexibility index (Phi) is 5.89. The molecule has 0 aliphatic carbocycles. The molecule has 0 saturated heterocycles. The number of hydrazine groups is 1. The lowest BCUT2D eigenvalue weighted by Gasteiger charge is -2.11. The molecule has 0 aliphatic heterocycles. The minimum atomic E-state index is -3.83. The lowest BCUT2D eigenvalue weighted by molar-refractivity contribution is 0.576. The first-order valence-electron chi connectivity index (χ1n) is 5.85. The fraction of sp³-hybridized carbons (Fsp3) is 0.400. The van der Waals surface area contributed by atoms with E-state index < -0.39 is 20.0 Å². The molecule has 0 fully saturated rings. The average Bonchev–Trinajstić information content (AvgIpc) is 2.38. The van der Waals surface area contributed by atoms with Gasteiger partial charge in [-0.1, -0.05) is 19.1 Å². The molecule has 0 aliphatic rings. The third kappa shape index (κ3) is 4.72. The second-order valence-electron chi connectivity index (χ2n) is 3.86. The third-order valence-corrected chi connectivity index (χ3v) is 5.35. The Balaban J connectivity index is 2.77. The SMILES string of the molecule is CCNS(=O)(=O)CCNS(=O)(=O)c1ccccc1NN. The first-order valence-corrected chi connectivity index (χ1v) is 8.98. The van der Waals surface area contributed by atoms with Gasteiger partial charge in [0, 0.05) is 13.1 Å². The van der Waals surface area contributed by atoms with Gasteiger partial charge in [-0.3, -0.25) is 5.84 Å². The van der Waals surface area contributed by atoms with Crippen LogP contribution in [0.5, 0.6) is 0 Å². The summed E-state index contributed by atoms with van der Waals surface area (Å²) in [6, 6.07) is 6.05. The Morgan fingerprint density at radius 2 is 1.75 bits per heavy atom. The van der Waals surface area contributed by atoms with Crippen LogP contribution in [0.2, 0.25) is 0 Å². The Morgan fingerprint density at radius 3 is 2.35 bits per heavy atom. The standard InChI is InChI=1S/C10H18N4O4S2/c1-2-12-19(15,16)8-7-13-20(17,18)10-6-4-3-5-9(10)14-11/h3-6,12-14H,2,7-8,11H2,1H3. The number of nitrogens with two attached hydrogens (primary N) is 1. The molecule has 0 unspecified atom stereocenters. The van der Waals surface area contributed by atoms with E-state index >= 15 is 0 Å². The van der Waals surface area contributed by atoms with Crippen molar-refractivity contribution < 1.29 is 16.8 Å². The van der Waals surface area contributed by atoms with E-state index in [1.807, 2.05) is 0 Å². The van der Waals surface area contributed by atoms with Gasteiger partial charge in [0.15, 0.2) is 0 Å². The molecule has 1 aromatic carbocycles. The highest BCUT2D eigenvalue weighted by molar-refractivity contribution is 7.90. The molecule has 20 heavy (non-hydrogen) atoms. The van der Waals surface area contributed by atoms with Gasteiger partial charge in [-0.05, 0) is 12.1 Å². The number of sulfonamides is 2. The Bertz CT molecular complexity index is 643. The second-order valence-corrected chi connectivity index (χ2v) is 7.52. The van der Waals surface area contributed by atoms with E-state index in [1.165, 1.54) is 12.1 Å². The topological polar surface area (TPSA) is 130 Å². The molecule has 0 heterocycles. The van der Waals surface area contributed by atoms with Crippen LogP contribution in [0.1, 0.15) is 6.92 Å². The van der Waals surface area contributed by atoms with Crippen molar-refractivity contribution in [2.45, 2.75) is 11.8 Å². The molecular formula is C10H18N4O4S2. The highest BCUT2D eigenvalue weighted by atomic mass is 32.2. The fourth-order valence-corrected chi connectivity index (χ4v) is 3.79. The second kappa shape index (κ2) is 6.99. The first-order chi connectivity index (χ1) is 9.32. The van der Waals surface area contributed by atoms with Crippen LogP contribution in [-0.4, -0.2) is 35.7 Å². The van der Waals surface area contributed by atoms with Gasteiger partial charge in [0.05, 0.1) is 11.4 Å². The van der Waals surface area contributed by atoms with Crippen molar-refractivity contribution in [1.29, 1.82) is 0 Å². The largest absolute Gasteiger partial charge is 0.323 e. The van der Waals surface area contributed by atoms with Gasteiger partial charge in [0.25, 0.3) is 0 Å². The number of rotatable bonds is 8. The van der Waals surface area contributed by atoms with E-state index in [0.29, 0.717) is 0 Å². The number of nitrogens with one attached hydrogen (secondary N) is 3. The number of hydrogen-bond acceptors (Lipinski definition) is 6. The lowest BCUT2D eigenvalue weighted by Crippen LogP contribution is -2.34. The summed E-state index contributed by atoms with van der Waals surface area (Å²) in [5.41, 5.74) is 2.51. The van der Waals surface area contributed by atoms with Gasteiger partial charge in [-0.15, -0.1) is 0 Å². The van der Waals surface area contributed by atoms with E-state index in [4.69, 9.17) is 5.84 Å². The van der Waals surface area contributed by atoms with E-state index in [9.17, 15) is 16.8 Å². The van der Waals surface area contributed by atoms with Crippen LogP contribution in [0.25, 0.3) is 0 Å². The maximum absolute atomic E-state index is 12.0. The van der Waals surface area contributed by atoms with E-state index in [2.05, 4.69) is 14.9 Å². The number of anilines is 1. The summed E-state index contributed by atoms with van der Waals surface area (Å²) >= 11 is 0. The third-order valence-electron chi connectivity index (χ3n) is 2.36. The molecule has 0 saturated carbocycles. The number of benzene rings is 1. The van der Waals surface area contributed by atoms with E-state index in [1.54, 1.807) is 19.1 Å². The van der Waals surface area contributed by atoms with Gasteiger partial charge in [0.2, 0.25) is 20.0 Å². The minimum Gasteiger partial charge on any atom is -0.323 e. The monoisotopic (exact) mass is 322 g/mol. The van der Waals surface area contributed by atoms with Crippen molar-refractivity contribution in [2.24, 2.45) is 5.84 Å². The normalized spacial score (nSPS) is 12.3. The average molecular weight is 322 g/mol. The molecule has 0 aromatic heterocycles. The van der Waals surface area contributed by atoms with Crippen molar-refractivity contribution in [3.8, 4) is 0 Å². The first kappa shape index (κ1) is 16.9. The molecule has 5 N–H and O–H groups in total. The van der Waals surface area contributed by atoms with Crippen LogP contribution in [0, 0.1) is 0 Å². The smallest absolute Gasteiger partial charge is 0.242 e. The maximum atomic E-state index is 12.0. The maximum Gasteiger partial charge on any atom is 0.242 e. The quantitative estimate of drug-likeness (QED) is 0.366. The van der Waals surface area contributed by atoms with Crippen LogP contribution >= 0.6 is 0 Å². The molecule has 0 amide bonds. The van der Waals surface area contributed by atoms with Gasteiger partial charge in [0.1, 0.15) is 4.90 Å². The summed E-state index contributed by atoms with van der Waals surface area (Å²) in [7, 11) is -7.29. The summed E-state index contributed by atoms with van der Waals surface area (Å²) in [5, 5.41) is 0. The molecule has 1 aromatic rings. The van der Waals surface area contributed by atoms with Crippen LogP contribution in [0.3, 0.4) is 0 Å². The van der Waals surface area contributed by atoms with Gasteiger partial charge in [-0.2, -0.15) is 0 Å². The van der Waals surface area contributed by atoms with Crippen LogP contribution in [-0.2, 0) is 20.0 Å². The summed E-state index contributed by atoms with van der Waals surface area (Å²) in [6.45, 7) is 1.68. The summed E-state index contributed by atoms with van der Waals surface area (Å²) in [6.07, 6.45) is 0. The highest BCUT2D eigenvalue weighted by Gasteiger charge is 2.18. The molecule has 0 radical (unpaired) electrons. The Hall–Kier alpha value is -1.20. The van der Waals surface area contributed by atoms with Crippen molar-refractivity contribution >= 4 is 25.7 Å². The zero-order chi connectivity index (χ0) is 15.2. The molecule has 0 bridgehead atoms. The van der Waals surface area contributed by atoms with Crippen molar-refractivity contribution in [2.75, 3.05) is 24.3 Å². The molecule has 8 nitrogen and oxygen atoms in total. The predicted molar refractivity (Wildman–Crippen MR) is 76.9 cm³/mol. The van der Waals surface area contributed by atoms with Crippen LogP contribution in [0.15, 0.2) is 29.2 Å². The number of hydrogen-bond donors (Lipinski definition) is 4. The summed E-state index contributed by atoms with van der Waals surface area (Å²) in [4.78, 5) is -0.0386. The molecule has 1 rings (SSSR count). The fourth-order valence-electron chi connectivity index (χ4n) is 1.50. The minimum absolute atomic E-state index is 0.0386. The van der Waals surface area contributed by atoms with Crippen LogP contribution < -0.4 is 20.7 Å². The molecule has 10 heteroatoms. The van der Waals surface area contributed by atoms with E-state index in [-0.39, 0.29) is 29.4 Å². The Morgan fingerprint density at radius 1 is 1.10 bits per heavy atom. The van der Waals surface area contributed by atoms with Gasteiger partial charge in [-0.25, -0.2) is 26.3 Å². The highest BCUT2D eigenvalue weighted by Crippen LogP contribution is 2.18. The molecule has 0 spiro atoms. The van der Waals surface area contributed by atoms with Crippen molar-refractivity contribution in [1.82, 2.24) is 9.44 Å². The molecular weight excluding hydrogens is 304 g/mol. The number of nitrogen functional groups attached to an aromatic ring is 1. The zero-order valence-corrected chi connectivity index (χ0v) is 12.6. The lowest BCUT2D eigenvalue weighted by atomic mass is 10.3. The van der Waals surface area contributed by atoms with E-state index in [0.717, 1.165) is 0 Å². The van der Waals surface area contributed by atoms with Crippen LogP contribution in [0.4, 0.5) is 5.69 Å². The van der Waals surface area contributed by atoms with Gasteiger partial charge < -0.3 is 5.43 Å². The predicted octanol–water partition coefficient (Wildman–Crippen LogP) is -0.810. The summed E-state index contributed by atoms with van der Waals surface area (Å²) in [5.74, 6) is 4.90. The number of para-hydroxylation sites is 1. The molecule has 0 atom stereocenters. The van der Waals surface area contributed by atoms with Crippen molar-refractivity contribution in [3.05, 3.63) is 24.3 Å². The molecule has 114 valence electrons. The zero-order valence-electron chi connectivity index (χ0n) is 11.0. The van der Waals surface area contributed by atoms with Gasteiger partial charge >= 0.3 is 0 Å².